The number of carbonyl (C=O) groups excluding carboxylic acids is 1. The Balaban J connectivity index is 1.38. The largest absolute Gasteiger partial charge is 0.385 e. The van der Waals surface area contributed by atoms with E-state index in [1.165, 1.54) is 11.8 Å². The highest BCUT2D eigenvalue weighted by Gasteiger charge is 2.13. The monoisotopic (exact) mass is 370 g/mol. The van der Waals surface area contributed by atoms with Crippen molar-refractivity contribution >= 4 is 17.3 Å². The zero-order chi connectivity index (χ0) is 19.1. The first-order valence-electron chi connectivity index (χ1n) is 9.39. The number of benzene rings is 2. The Morgan fingerprint density at radius 3 is 2.44 bits per heavy atom. The molecule has 1 fully saturated rings. The Morgan fingerprint density at radius 2 is 1.74 bits per heavy atom. The van der Waals surface area contributed by atoms with E-state index in [2.05, 4.69) is 39.6 Å². The third kappa shape index (κ3) is 5.69. The molecule has 0 aromatic heterocycles. The minimum absolute atomic E-state index is 0.0974. The van der Waals surface area contributed by atoms with Gasteiger partial charge in [0.15, 0.2) is 0 Å². The molecule has 3 rings (SSSR count). The summed E-state index contributed by atoms with van der Waals surface area (Å²) in [5.74, 6) is -0.392. The molecule has 1 heterocycles. The maximum absolute atomic E-state index is 13.5. The Labute approximate surface area is 160 Å². The van der Waals surface area contributed by atoms with Crippen LogP contribution in [-0.4, -0.2) is 50.6 Å². The van der Waals surface area contributed by atoms with Gasteiger partial charge in [0.25, 0.3) is 0 Å². The predicted octanol–water partition coefficient (Wildman–Crippen LogP) is 2.70. The zero-order valence-electron chi connectivity index (χ0n) is 15.7. The third-order valence-corrected chi connectivity index (χ3v) is 4.85. The molecule has 0 saturated carbocycles. The maximum Gasteiger partial charge on any atom is 0.222 e. The molecule has 6 heteroatoms. The lowest BCUT2D eigenvalue weighted by Gasteiger charge is -2.34. The van der Waals surface area contributed by atoms with Gasteiger partial charge in [-0.15, -0.1) is 0 Å². The minimum Gasteiger partial charge on any atom is -0.385 e. The topological polar surface area (TPSA) is 47.6 Å². The van der Waals surface area contributed by atoms with Gasteiger partial charge in [-0.05, 0) is 37.4 Å². The van der Waals surface area contributed by atoms with E-state index in [9.17, 15) is 9.18 Å². The van der Waals surface area contributed by atoms with Gasteiger partial charge in [0.05, 0.1) is 0 Å². The Hall–Kier alpha value is -2.60. The summed E-state index contributed by atoms with van der Waals surface area (Å²) in [6.07, 6.45) is 0.342. The van der Waals surface area contributed by atoms with Crippen molar-refractivity contribution < 1.29 is 9.18 Å². The summed E-state index contributed by atoms with van der Waals surface area (Å²) in [4.78, 5) is 16.6. The molecule has 0 radical (unpaired) electrons. The van der Waals surface area contributed by atoms with E-state index in [0.717, 1.165) is 31.9 Å². The van der Waals surface area contributed by atoms with E-state index in [0.29, 0.717) is 18.5 Å². The van der Waals surface area contributed by atoms with Crippen LogP contribution < -0.4 is 15.5 Å². The van der Waals surface area contributed by atoms with Gasteiger partial charge < -0.3 is 20.4 Å². The van der Waals surface area contributed by atoms with Crippen molar-refractivity contribution in [2.24, 2.45) is 0 Å². The second-order valence-electron chi connectivity index (χ2n) is 6.88. The quantitative estimate of drug-likeness (QED) is 0.787. The van der Waals surface area contributed by atoms with Crippen molar-refractivity contribution in [3.8, 4) is 0 Å². The number of hydrogen-bond donors (Lipinski definition) is 2. The van der Waals surface area contributed by atoms with E-state index in [-0.39, 0.29) is 18.3 Å². The molecule has 2 aromatic carbocycles. The molecule has 27 heavy (non-hydrogen) atoms. The van der Waals surface area contributed by atoms with Gasteiger partial charge in [0.1, 0.15) is 5.82 Å². The standard InChI is InChI=1S/C21H27FN4O/c1-25-12-14-26(15-13-25)19-8-6-18(7-9-19)23-11-10-21(27)24-16-17-4-2-3-5-20(17)22/h2-9,23H,10-16H2,1H3,(H,24,27). The maximum atomic E-state index is 13.5. The average Bonchev–Trinajstić information content (AvgIpc) is 2.69. The molecule has 5 nitrogen and oxygen atoms in total. The van der Waals surface area contributed by atoms with Crippen LogP contribution in [0.25, 0.3) is 0 Å². The van der Waals surface area contributed by atoms with Crippen molar-refractivity contribution in [2.45, 2.75) is 13.0 Å². The van der Waals surface area contributed by atoms with E-state index in [1.54, 1.807) is 18.2 Å². The number of nitrogens with one attached hydrogen (secondary N) is 2. The molecular weight excluding hydrogens is 343 g/mol. The van der Waals surface area contributed by atoms with Crippen LogP contribution in [0.2, 0.25) is 0 Å². The number of carbonyl (C=O) groups is 1. The SMILES string of the molecule is CN1CCN(c2ccc(NCCC(=O)NCc3ccccc3F)cc2)CC1. The Morgan fingerprint density at radius 1 is 1.04 bits per heavy atom. The summed E-state index contributed by atoms with van der Waals surface area (Å²) in [6.45, 7) is 5.02. The lowest BCUT2D eigenvalue weighted by atomic mass is 10.2. The Bertz CT molecular complexity index is 742. The highest BCUT2D eigenvalue weighted by Crippen LogP contribution is 2.19. The van der Waals surface area contributed by atoms with Gasteiger partial charge in [0, 0.05) is 62.6 Å². The number of rotatable bonds is 7. The molecule has 144 valence electrons. The van der Waals surface area contributed by atoms with Gasteiger partial charge in [-0.25, -0.2) is 4.39 Å². The van der Waals surface area contributed by atoms with Crippen LogP contribution in [0, 0.1) is 5.82 Å². The number of halogens is 1. The second kappa shape index (κ2) is 9.37. The number of nitrogens with zero attached hydrogens (tertiary/aromatic N) is 2. The third-order valence-electron chi connectivity index (χ3n) is 4.85. The number of amides is 1. The smallest absolute Gasteiger partial charge is 0.222 e. The summed E-state index contributed by atoms with van der Waals surface area (Å²) < 4.78 is 13.5. The molecule has 0 atom stereocenters. The molecule has 0 unspecified atom stereocenters. The van der Waals surface area contributed by atoms with Gasteiger partial charge in [-0.2, -0.15) is 0 Å². The fraction of sp³-hybridized carbons (Fsp3) is 0.381. The number of anilines is 2. The molecule has 1 aliphatic rings. The summed E-state index contributed by atoms with van der Waals surface area (Å²) in [5, 5.41) is 6.01. The molecule has 1 saturated heterocycles. The van der Waals surface area contributed by atoms with Gasteiger partial charge in [-0.1, -0.05) is 18.2 Å². The van der Waals surface area contributed by atoms with Gasteiger partial charge >= 0.3 is 0 Å². The van der Waals surface area contributed by atoms with Crippen molar-refractivity contribution in [1.29, 1.82) is 0 Å². The molecule has 1 amide bonds. The van der Waals surface area contributed by atoms with Crippen LogP contribution in [0.1, 0.15) is 12.0 Å². The molecule has 1 aliphatic heterocycles. The molecule has 0 aliphatic carbocycles. The van der Waals surface area contributed by atoms with E-state index >= 15 is 0 Å². The molecule has 0 spiro atoms. The van der Waals surface area contributed by atoms with Crippen molar-refractivity contribution in [3.63, 3.8) is 0 Å². The lowest BCUT2D eigenvalue weighted by molar-refractivity contribution is -0.121. The second-order valence-corrected chi connectivity index (χ2v) is 6.88. The van der Waals surface area contributed by atoms with Crippen LogP contribution in [0.4, 0.5) is 15.8 Å². The number of hydrogen-bond acceptors (Lipinski definition) is 4. The van der Waals surface area contributed by atoms with Crippen molar-refractivity contribution in [1.82, 2.24) is 10.2 Å². The molecule has 2 aromatic rings. The molecule has 0 bridgehead atoms. The average molecular weight is 370 g/mol. The summed E-state index contributed by atoms with van der Waals surface area (Å²) in [6, 6.07) is 14.8. The van der Waals surface area contributed by atoms with Gasteiger partial charge in [-0.3, -0.25) is 4.79 Å². The molecule has 2 N–H and O–H groups in total. The van der Waals surface area contributed by atoms with Gasteiger partial charge in [0.2, 0.25) is 5.91 Å². The first kappa shape index (κ1) is 19.2. The van der Waals surface area contributed by atoms with Crippen LogP contribution in [0.5, 0.6) is 0 Å². The minimum atomic E-state index is -0.295. The lowest BCUT2D eigenvalue weighted by Crippen LogP contribution is -2.44. The fourth-order valence-corrected chi connectivity index (χ4v) is 3.10. The van der Waals surface area contributed by atoms with E-state index in [4.69, 9.17) is 0 Å². The van der Waals surface area contributed by atoms with Crippen LogP contribution in [-0.2, 0) is 11.3 Å². The zero-order valence-corrected chi connectivity index (χ0v) is 15.7. The summed E-state index contributed by atoms with van der Waals surface area (Å²) >= 11 is 0. The van der Waals surface area contributed by atoms with Crippen molar-refractivity contribution in [2.75, 3.05) is 50.0 Å². The van der Waals surface area contributed by atoms with Crippen molar-refractivity contribution in [3.05, 3.63) is 59.9 Å². The normalized spacial score (nSPS) is 14.8. The first-order valence-corrected chi connectivity index (χ1v) is 9.39. The number of likely N-dealkylation sites (N-methyl/N-ethyl adjacent to an activating group) is 1. The van der Waals surface area contributed by atoms with E-state index in [1.807, 2.05) is 12.1 Å². The van der Waals surface area contributed by atoms with E-state index < -0.39 is 0 Å². The summed E-state index contributed by atoms with van der Waals surface area (Å²) in [5.41, 5.74) is 2.73. The fourth-order valence-electron chi connectivity index (χ4n) is 3.10. The first-order chi connectivity index (χ1) is 13.1. The Kier molecular flexibility index (Phi) is 6.65. The van der Waals surface area contributed by atoms with Crippen LogP contribution in [0.15, 0.2) is 48.5 Å². The van der Waals surface area contributed by atoms with Crippen LogP contribution in [0.3, 0.4) is 0 Å². The predicted molar refractivity (Wildman–Crippen MR) is 108 cm³/mol. The number of piperazine rings is 1. The van der Waals surface area contributed by atoms with Crippen LogP contribution >= 0.6 is 0 Å². The highest BCUT2D eigenvalue weighted by atomic mass is 19.1. The summed E-state index contributed by atoms with van der Waals surface area (Å²) in [7, 11) is 2.15. The highest BCUT2D eigenvalue weighted by molar-refractivity contribution is 5.76. The molecular formula is C21H27FN4O.